The lowest BCUT2D eigenvalue weighted by molar-refractivity contribution is -0.145. The van der Waals surface area contributed by atoms with Gasteiger partial charge < -0.3 is 25.6 Å². The van der Waals surface area contributed by atoms with Crippen molar-refractivity contribution in [1.29, 1.82) is 0 Å². The second-order valence-corrected chi connectivity index (χ2v) is 9.40. The summed E-state index contributed by atoms with van der Waals surface area (Å²) in [6.07, 6.45) is 6.61. The number of amides is 1. The molecule has 31 heavy (non-hydrogen) atoms. The van der Waals surface area contributed by atoms with Crippen LogP contribution in [-0.2, 0) is 27.2 Å². The number of carbonyl (C=O) groups excluding carboxylic acids is 1. The number of aliphatic hydroxyl groups is 1. The van der Waals surface area contributed by atoms with Crippen LogP contribution in [0.5, 0.6) is 0 Å². The Morgan fingerprint density at radius 3 is 2.84 bits per heavy atom. The number of hydrogen-bond acceptors (Lipinski definition) is 6. The van der Waals surface area contributed by atoms with E-state index in [1.807, 2.05) is 0 Å². The zero-order valence-corrected chi connectivity index (χ0v) is 18.5. The van der Waals surface area contributed by atoms with Gasteiger partial charge in [-0.15, -0.1) is 0 Å². The van der Waals surface area contributed by atoms with Crippen LogP contribution < -0.4 is 10.6 Å². The minimum absolute atomic E-state index is 0.155. The number of aromatic nitrogens is 1. The van der Waals surface area contributed by atoms with E-state index in [1.54, 1.807) is 13.8 Å². The van der Waals surface area contributed by atoms with E-state index in [9.17, 15) is 19.8 Å². The van der Waals surface area contributed by atoms with Crippen molar-refractivity contribution in [1.82, 2.24) is 10.3 Å². The summed E-state index contributed by atoms with van der Waals surface area (Å²) in [6.45, 7) is 4.08. The Balaban J connectivity index is 1.33. The topological polar surface area (TPSA) is 121 Å². The van der Waals surface area contributed by atoms with E-state index in [1.165, 1.54) is 5.56 Å². The van der Waals surface area contributed by atoms with Gasteiger partial charge in [-0.1, -0.05) is 6.07 Å². The quantitative estimate of drug-likeness (QED) is 0.422. The van der Waals surface area contributed by atoms with Gasteiger partial charge in [0.1, 0.15) is 11.9 Å². The largest absolute Gasteiger partial charge is 0.480 e. The predicted molar refractivity (Wildman–Crippen MR) is 117 cm³/mol. The molecule has 1 aromatic rings. The standard InChI is InChI=1S/C23H35N3O5/c1-23(2,14-27)22(30)26-19(21(28)29)9-11-31-18-12-15(13-18)5-7-17-8-6-16-4-3-10-24-20(16)25-17/h6,8,15,18-19,27H,3-5,7,9-14H2,1-2H3,(H,24,25)(H,26,30)(H,28,29)/t15-,18-,19?. The van der Waals surface area contributed by atoms with E-state index in [-0.39, 0.29) is 25.7 Å². The second-order valence-electron chi connectivity index (χ2n) is 9.40. The van der Waals surface area contributed by atoms with Crippen molar-refractivity contribution in [2.75, 3.05) is 25.1 Å². The monoisotopic (exact) mass is 433 g/mol. The number of nitrogens with one attached hydrogen (secondary N) is 2. The van der Waals surface area contributed by atoms with Crippen molar-refractivity contribution in [3.63, 3.8) is 0 Å². The van der Waals surface area contributed by atoms with Crippen LogP contribution in [0.4, 0.5) is 5.82 Å². The third-order valence-electron chi connectivity index (χ3n) is 6.33. The zero-order valence-electron chi connectivity index (χ0n) is 18.5. The van der Waals surface area contributed by atoms with Gasteiger partial charge in [-0.2, -0.15) is 0 Å². The van der Waals surface area contributed by atoms with E-state index in [4.69, 9.17) is 9.72 Å². The predicted octanol–water partition coefficient (Wildman–Crippen LogP) is 2.15. The molecule has 1 aliphatic heterocycles. The molecule has 0 spiro atoms. The maximum Gasteiger partial charge on any atom is 0.326 e. The number of carboxylic acid groups (broad SMARTS) is 1. The third kappa shape index (κ3) is 6.40. The molecular formula is C23H35N3O5. The number of aryl methyl sites for hydroxylation is 2. The van der Waals surface area contributed by atoms with Gasteiger partial charge in [0.05, 0.1) is 18.1 Å². The molecule has 1 aromatic heterocycles. The van der Waals surface area contributed by atoms with Crippen molar-refractivity contribution < 1.29 is 24.5 Å². The average molecular weight is 434 g/mol. The van der Waals surface area contributed by atoms with Gasteiger partial charge in [0.25, 0.3) is 0 Å². The highest BCUT2D eigenvalue weighted by atomic mass is 16.5. The molecule has 1 atom stereocenters. The molecule has 4 N–H and O–H groups in total. The molecule has 172 valence electrons. The Labute approximate surface area is 183 Å². The maximum atomic E-state index is 12.1. The van der Waals surface area contributed by atoms with E-state index in [2.05, 4.69) is 22.8 Å². The lowest BCUT2D eigenvalue weighted by atomic mass is 9.79. The van der Waals surface area contributed by atoms with Crippen molar-refractivity contribution in [3.05, 3.63) is 23.4 Å². The Kier molecular flexibility index (Phi) is 7.89. The van der Waals surface area contributed by atoms with Crippen LogP contribution in [0.1, 0.15) is 57.2 Å². The first kappa shape index (κ1) is 23.5. The van der Waals surface area contributed by atoms with Crippen molar-refractivity contribution in [2.45, 2.75) is 70.9 Å². The molecule has 1 unspecified atom stereocenters. The molecule has 1 saturated carbocycles. The highest BCUT2D eigenvalue weighted by Gasteiger charge is 2.32. The summed E-state index contributed by atoms with van der Waals surface area (Å²) < 4.78 is 5.82. The van der Waals surface area contributed by atoms with Crippen LogP contribution in [0.2, 0.25) is 0 Å². The molecule has 8 nitrogen and oxygen atoms in total. The van der Waals surface area contributed by atoms with E-state index in [0.29, 0.717) is 5.92 Å². The SMILES string of the molecule is CC(C)(CO)C(=O)NC(CCO[C@H]1C[C@H](CCc2ccc3c(n2)NCCC3)C1)C(=O)O. The third-order valence-corrected chi connectivity index (χ3v) is 6.33. The fourth-order valence-electron chi connectivity index (χ4n) is 3.94. The number of carboxylic acids is 1. The summed E-state index contributed by atoms with van der Waals surface area (Å²) in [5.41, 5.74) is 1.42. The molecule has 1 amide bonds. The molecular weight excluding hydrogens is 398 g/mol. The fourth-order valence-corrected chi connectivity index (χ4v) is 3.94. The normalized spacial score (nSPS) is 21.4. The number of rotatable bonds is 11. The smallest absolute Gasteiger partial charge is 0.326 e. The summed E-state index contributed by atoms with van der Waals surface area (Å²) in [7, 11) is 0. The lowest BCUT2D eigenvalue weighted by Gasteiger charge is -2.35. The van der Waals surface area contributed by atoms with Gasteiger partial charge in [-0.25, -0.2) is 9.78 Å². The number of aliphatic carboxylic acids is 1. The molecule has 1 aliphatic carbocycles. The molecule has 2 aliphatic rings. The number of nitrogens with zero attached hydrogens (tertiary/aromatic N) is 1. The Morgan fingerprint density at radius 2 is 2.13 bits per heavy atom. The van der Waals surface area contributed by atoms with E-state index < -0.39 is 23.3 Å². The van der Waals surface area contributed by atoms with Gasteiger partial charge in [0.2, 0.25) is 5.91 Å². The van der Waals surface area contributed by atoms with Crippen molar-refractivity contribution in [3.8, 4) is 0 Å². The van der Waals surface area contributed by atoms with Crippen LogP contribution in [0.3, 0.4) is 0 Å². The molecule has 0 radical (unpaired) electrons. The van der Waals surface area contributed by atoms with Crippen LogP contribution in [-0.4, -0.2) is 59.0 Å². The van der Waals surface area contributed by atoms with Crippen molar-refractivity contribution >= 4 is 17.7 Å². The highest BCUT2D eigenvalue weighted by Crippen LogP contribution is 2.34. The van der Waals surface area contributed by atoms with Gasteiger partial charge in [0.15, 0.2) is 0 Å². The van der Waals surface area contributed by atoms with Crippen molar-refractivity contribution in [2.24, 2.45) is 11.3 Å². The van der Waals surface area contributed by atoms with Crippen LogP contribution in [0.25, 0.3) is 0 Å². The highest BCUT2D eigenvalue weighted by molar-refractivity contribution is 5.87. The number of fused-ring (bicyclic) bond motifs is 1. The van der Waals surface area contributed by atoms with Gasteiger partial charge in [-0.3, -0.25) is 4.79 Å². The summed E-state index contributed by atoms with van der Waals surface area (Å²) in [5, 5.41) is 24.5. The van der Waals surface area contributed by atoms with Gasteiger partial charge >= 0.3 is 5.97 Å². The summed E-state index contributed by atoms with van der Waals surface area (Å²) in [6, 6.07) is 3.31. The number of ether oxygens (including phenoxy) is 1. The fraction of sp³-hybridized carbons (Fsp3) is 0.696. The maximum absolute atomic E-state index is 12.1. The van der Waals surface area contributed by atoms with Gasteiger partial charge in [-0.05, 0) is 69.9 Å². The molecule has 0 aromatic carbocycles. The number of aliphatic hydroxyl groups excluding tert-OH is 1. The minimum atomic E-state index is -1.09. The molecule has 2 heterocycles. The first-order valence-electron chi connectivity index (χ1n) is 11.3. The zero-order chi connectivity index (χ0) is 22.4. The molecule has 1 fully saturated rings. The minimum Gasteiger partial charge on any atom is -0.480 e. The average Bonchev–Trinajstić information content (AvgIpc) is 2.73. The number of carbonyl (C=O) groups is 2. The number of pyridine rings is 1. The van der Waals surface area contributed by atoms with Gasteiger partial charge in [0, 0.05) is 25.3 Å². The first-order chi connectivity index (χ1) is 14.8. The molecule has 8 heteroatoms. The summed E-state index contributed by atoms with van der Waals surface area (Å²) in [4.78, 5) is 28.3. The Morgan fingerprint density at radius 1 is 1.35 bits per heavy atom. The van der Waals surface area contributed by atoms with E-state index >= 15 is 0 Å². The summed E-state index contributed by atoms with van der Waals surface area (Å²) >= 11 is 0. The Hall–Kier alpha value is -2.19. The first-order valence-corrected chi connectivity index (χ1v) is 11.3. The lowest BCUT2D eigenvalue weighted by Crippen LogP contribution is -2.48. The van der Waals surface area contributed by atoms with Crippen LogP contribution in [0.15, 0.2) is 12.1 Å². The van der Waals surface area contributed by atoms with Crippen LogP contribution in [0, 0.1) is 11.3 Å². The number of hydrogen-bond donors (Lipinski definition) is 4. The van der Waals surface area contributed by atoms with E-state index in [0.717, 1.165) is 56.6 Å². The number of anilines is 1. The molecule has 0 saturated heterocycles. The molecule has 3 rings (SSSR count). The second kappa shape index (κ2) is 10.4. The van der Waals surface area contributed by atoms with Crippen LogP contribution >= 0.6 is 0 Å². The summed E-state index contributed by atoms with van der Waals surface area (Å²) in [5.74, 6) is 0.0819. The Bertz CT molecular complexity index is 776. The molecule has 0 bridgehead atoms.